The third-order valence-electron chi connectivity index (χ3n) is 6.14. The highest BCUT2D eigenvalue weighted by molar-refractivity contribution is 6.36. The van der Waals surface area contributed by atoms with E-state index in [0.29, 0.717) is 54.1 Å². The summed E-state index contributed by atoms with van der Waals surface area (Å²) in [6.45, 7) is 5.10. The van der Waals surface area contributed by atoms with Crippen LogP contribution in [0.2, 0.25) is 15.1 Å². The molecule has 7 nitrogen and oxygen atoms in total. The van der Waals surface area contributed by atoms with Gasteiger partial charge in [0, 0.05) is 42.5 Å². The van der Waals surface area contributed by atoms with Crippen molar-refractivity contribution in [1.29, 1.82) is 0 Å². The van der Waals surface area contributed by atoms with Crippen molar-refractivity contribution in [2.24, 2.45) is 0 Å². The van der Waals surface area contributed by atoms with Crippen LogP contribution in [-0.2, 0) is 0 Å². The summed E-state index contributed by atoms with van der Waals surface area (Å²) in [5, 5.41) is 3.87. The maximum atomic E-state index is 13.0. The van der Waals surface area contributed by atoms with Crippen molar-refractivity contribution in [2.75, 3.05) is 50.1 Å². The van der Waals surface area contributed by atoms with Crippen LogP contribution in [0.5, 0.6) is 11.5 Å². The summed E-state index contributed by atoms with van der Waals surface area (Å²) in [5.41, 5.74) is 2.20. The van der Waals surface area contributed by atoms with Crippen molar-refractivity contribution in [3.8, 4) is 11.5 Å². The van der Waals surface area contributed by atoms with Crippen LogP contribution in [0.1, 0.15) is 34.1 Å². The summed E-state index contributed by atoms with van der Waals surface area (Å²) in [6.07, 6.45) is 0.930. The summed E-state index contributed by atoms with van der Waals surface area (Å²) >= 11 is 18.8. The molecule has 10 heteroatoms. The summed E-state index contributed by atoms with van der Waals surface area (Å²) in [6, 6.07) is 15.6. The van der Waals surface area contributed by atoms with Gasteiger partial charge in [-0.05, 0) is 61.0 Å². The molecule has 0 aromatic heterocycles. The van der Waals surface area contributed by atoms with E-state index in [4.69, 9.17) is 44.3 Å². The Balaban J connectivity index is 1.37. The number of amides is 2. The van der Waals surface area contributed by atoms with Crippen molar-refractivity contribution >= 4 is 58.0 Å². The lowest BCUT2D eigenvalue weighted by Gasteiger charge is -2.36. The molecular weight excluding hydrogens is 549 g/mol. The van der Waals surface area contributed by atoms with Crippen LogP contribution in [0.15, 0.2) is 54.6 Å². The molecular formula is C28H28Cl3N3O4. The second-order valence-electron chi connectivity index (χ2n) is 8.74. The molecule has 1 aliphatic rings. The van der Waals surface area contributed by atoms with Crippen LogP contribution in [0.25, 0.3) is 0 Å². The zero-order valence-electron chi connectivity index (χ0n) is 21.1. The van der Waals surface area contributed by atoms with Crippen molar-refractivity contribution in [1.82, 2.24) is 4.90 Å². The topological polar surface area (TPSA) is 71.1 Å². The van der Waals surface area contributed by atoms with E-state index in [1.54, 1.807) is 24.3 Å². The van der Waals surface area contributed by atoms with Gasteiger partial charge in [0.2, 0.25) is 0 Å². The minimum atomic E-state index is -0.424. The van der Waals surface area contributed by atoms with Gasteiger partial charge in [-0.3, -0.25) is 9.59 Å². The predicted octanol–water partition coefficient (Wildman–Crippen LogP) is 6.66. The van der Waals surface area contributed by atoms with Crippen LogP contribution in [0.3, 0.4) is 0 Å². The Morgan fingerprint density at radius 1 is 0.921 bits per heavy atom. The largest absolute Gasteiger partial charge is 0.494 e. The molecule has 200 valence electrons. The van der Waals surface area contributed by atoms with Gasteiger partial charge >= 0.3 is 0 Å². The molecule has 4 rings (SSSR count). The number of nitrogens with zero attached hydrogens (tertiary/aromatic N) is 2. The Morgan fingerprint density at radius 2 is 1.63 bits per heavy atom. The number of benzene rings is 3. The molecule has 3 aromatic carbocycles. The van der Waals surface area contributed by atoms with Crippen LogP contribution in [0, 0.1) is 0 Å². The first kappa shape index (κ1) is 27.9. The molecule has 0 radical (unpaired) electrons. The third kappa shape index (κ3) is 6.46. The van der Waals surface area contributed by atoms with Gasteiger partial charge in [0.15, 0.2) is 0 Å². The quantitative estimate of drug-likeness (QED) is 0.325. The van der Waals surface area contributed by atoms with E-state index in [9.17, 15) is 9.59 Å². The van der Waals surface area contributed by atoms with Crippen molar-refractivity contribution in [3.63, 3.8) is 0 Å². The molecule has 0 saturated carbocycles. The molecule has 3 aromatic rings. The molecule has 1 fully saturated rings. The molecule has 1 saturated heterocycles. The van der Waals surface area contributed by atoms with Gasteiger partial charge in [0.25, 0.3) is 11.8 Å². The van der Waals surface area contributed by atoms with Crippen molar-refractivity contribution in [3.05, 3.63) is 80.8 Å². The number of methoxy groups -OCH3 is 1. The van der Waals surface area contributed by atoms with Gasteiger partial charge in [-0.15, -0.1) is 0 Å². The lowest BCUT2D eigenvalue weighted by Crippen LogP contribution is -2.48. The second-order valence-corrected chi connectivity index (χ2v) is 9.99. The monoisotopic (exact) mass is 575 g/mol. The number of nitrogens with one attached hydrogen (secondary N) is 1. The van der Waals surface area contributed by atoms with E-state index >= 15 is 0 Å². The van der Waals surface area contributed by atoms with Crippen LogP contribution < -0.4 is 19.7 Å². The molecule has 0 bridgehead atoms. The van der Waals surface area contributed by atoms with Crippen LogP contribution >= 0.6 is 34.8 Å². The first-order chi connectivity index (χ1) is 18.3. The first-order valence-electron chi connectivity index (χ1n) is 12.2. The van der Waals surface area contributed by atoms with Gasteiger partial charge in [0.1, 0.15) is 11.5 Å². The van der Waals surface area contributed by atoms with E-state index in [0.717, 1.165) is 17.9 Å². The fourth-order valence-electron chi connectivity index (χ4n) is 4.22. The average molecular weight is 577 g/mol. The summed E-state index contributed by atoms with van der Waals surface area (Å²) < 4.78 is 10.9. The van der Waals surface area contributed by atoms with Crippen molar-refractivity contribution < 1.29 is 19.1 Å². The average Bonchev–Trinajstić information content (AvgIpc) is 2.91. The molecule has 38 heavy (non-hydrogen) atoms. The normalized spacial score (nSPS) is 13.3. The third-order valence-corrected chi connectivity index (χ3v) is 6.95. The van der Waals surface area contributed by atoms with E-state index in [-0.39, 0.29) is 22.2 Å². The molecule has 0 unspecified atom stereocenters. The number of ether oxygens (including phenoxy) is 2. The minimum Gasteiger partial charge on any atom is -0.494 e. The summed E-state index contributed by atoms with van der Waals surface area (Å²) in [5.74, 6) is 0.571. The highest BCUT2D eigenvalue weighted by Gasteiger charge is 2.24. The fourth-order valence-corrected chi connectivity index (χ4v) is 5.09. The Labute approximate surface area is 237 Å². The Kier molecular flexibility index (Phi) is 9.26. The van der Waals surface area contributed by atoms with Gasteiger partial charge in [-0.1, -0.05) is 41.7 Å². The number of hydrogen-bond acceptors (Lipinski definition) is 5. The van der Waals surface area contributed by atoms with Crippen LogP contribution in [0.4, 0.5) is 11.4 Å². The lowest BCUT2D eigenvalue weighted by molar-refractivity contribution is 0.0746. The predicted molar refractivity (Wildman–Crippen MR) is 153 cm³/mol. The fraction of sp³-hybridized carbons (Fsp3) is 0.286. The molecule has 1 heterocycles. The van der Waals surface area contributed by atoms with Crippen LogP contribution in [-0.4, -0.2) is 56.6 Å². The Hall–Kier alpha value is -3.13. The van der Waals surface area contributed by atoms with E-state index in [1.807, 2.05) is 30.0 Å². The maximum absolute atomic E-state index is 13.0. The number of halogens is 3. The minimum absolute atomic E-state index is 0.00704. The van der Waals surface area contributed by atoms with Gasteiger partial charge < -0.3 is 24.6 Å². The number of anilines is 2. The smallest absolute Gasteiger partial charge is 0.259 e. The number of hydrogen-bond donors (Lipinski definition) is 1. The number of rotatable bonds is 8. The molecule has 1 aliphatic heterocycles. The Bertz CT molecular complexity index is 1310. The van der Waals surface area contributed by atoms with E-state index < -0.39 is 5.91 Å². The van der Waals surface area contributed by atoms with E-state index in [2.05, 4.69) is 10.2 Å². The zero-order valence-corrected chi connectivity index (χ0v) is 23.4. The number of carbonyl (C=O) groups is 2. The first-order valence-corrected chi connectivity index (χ1v) is 13.3. The van der Waals surface area contributed by atoms with Gasteiger partial charge in [-0.25, -0.2) is 0 Å². The second kappa shape index (κ2) is 12.6. The lowest BCUT2D eigenvalue weighted by atomic mass is 10.1. The molecule has 1 N–H and O–H groups in total. The van der Waals surface area contributed by atoms with Gasteiger partial charge in [-0.2, -0.15) is 0 Å². The standard InChI is InChI=1S/C28H28Cl3N3O4/c1-3-14-38-21-7-4-18(5-8-21)28(36)34-12-10-33(11-13-34)25-9-6-20(17-23(25)30)32-27(35)22-15-19(29)16-24(31)26(22)37-2/h4-9,15-17H,3,10-14H2,1-2H3,(H,32,35). The van der Waals surface area contributed by atoms with Gasteiger partial charge in [0.05, 0.1) is 35.0 Å². The highest BCUT2D eigenvalue weighted by Crippen LogP contribution is 2.34. The van der Waals surface area contributed by atoms with E-state index in [1.165, 1.54) is 19.2 Å². The molecule has 2 amide bonds. The molecule has 0 aliphatic carbocycles. The maximum Gasteiger partial charge on any atom is 0.259 e. The highest BCUT2D eigenvalue weighted by atomic mass is 35.5. The SMILES string of the molecule is CCCOc1ccc(C(=O)N2CCN(c3ccc(NC(=O)c4cc(Cl)cc(Cl)c4OC)cc3Cl)CC2)cc1. The number of piperazine rings is 1. The Morgan fingerprint density at radius 3 is 2.26 bits per heavy atom. The van der Waals surface area contributed by atoms with Crippen molar-refractivity contribution in [2.45, 2.75) is 13.3 Å². The number of carbonyl (C=O) groups excluding carboxylic acids is 2. The zero-order chi connectivity index (χ0) is 27.2. The summed E-state index contributed by atoms with van der Waals surface area (Å²) in [4.78, 5) is 29.8. The molecule has 0 atom stereocenters. The summed E-state index contributed by atoms with van der Waals surface area (Å²) in [7, 11) is 1.43. The molecule has 0 spiro atoms.